The number of rotatable bonds is 6. The molecule has 1 aliphatic carbocycles. The van der Waals surface area contributed by atoms with Crippen molar-refractivity contribution in [3.63, 3.8) is 0 Å². The van der Waals surface area contributed by atoms with Crippen molar-refractivity contribution in [1.29, 1.82) is 0 Å². The highest BCUT2D eigenvalue weighted by atomic mass is 16.5. The van der Waals surface area contributed by atoms with Crippen molar-refractivity contribution < 1.29 is 9.53 Å². The van der Waals surface area contributed by atoms with E-state index in [1.54, 1.807) is 6.20 Å². The van der Waals surface area contributed by atoms with E-state index in [0.29, 0.717) is 29.9 Å². The first-order valence-electron chi connectivity index (χ1n) is 9.73. The molecular weight excluding hydrogens is 332 g/mol. The Morgan fingerprint density at radius 3 is 2.81 bits per heavy atom. The number of carbonyl (C=O) groups excluding carboxylic acids is 1. The average molecular weight is 360 g/mol. The molecule has 1 N–H and O–H groups in total. The number of carbonyl (C=O) groups is 1. The fourth-order valence-corrected chi connectivity index (χ4v) is 3.96. The monoisotopic (exact) mass is 360 g/mol. The van der Waals surface area contributed by atoms with Gasteiger partial charge in [-0.25, -0.2) is 9.67 Å². The molecule has 7 heteroatoms. The number of fused-ring (bicyclic) bond motifs is 1. The van der Waals surface area contributed by atoms with Crippen LogP contribution in [0, 0.1) is 5.92 Å². The molecule has 1 saturated carbocycles. The first-order chi connectivity index (χ1) is 12.6. The highest BCUT2D eigenvalue weighted by molar-refractivity contribution is 5.74. The van der Waals surface area contributed by atoms with Crippen molar-refractivity contribution in [3.8, 4) is 0 Å². The van der Waals surface area contributed by atoms with Gasteiger partial charge < -0.3 is 9.72 Å². The zero-order valence-corrected chi connectivity index (χ0v) is 15.8. The second-order valence-electron chi connectivity index (χ2n) is 7.06. The Bertz CT molecular complexity index is 822. The number of aromatic nitrogens is 4. The van der Waals surface area contributed by atoms with Crippen LogP contribution in [0.15, 0.2) is 11.0 Å². The Kier molecular flexibility index (Phi) is 5.74. The second kappa shape index (κ2) is 8.01. The molecule has 1 aliphatic rings. The van der Waals surface area contributed by atoms with Gasteiger partial charge in [-0.2, -0.15) is 5.10 Å². The van der Waals surface area contributed by atoms with E-state index in [2.05, 4.69) is 23.9 Å². The number of nitrogens with one attached hydrogen (secondary N) is 1. The van der Waals surface area contributed by atoms with Crippen molar-refractivity contribution in [2.24, 2.45) is 5.92 Å². The van der Waals surface area contributed by atoms with Crippen LogP contribution >= 0.6 is 0 Å². The molecule has 2 heterocycles. The summed E-state index contributed by atoms with van der Waals surface area (Å²) >= 11 is 0. The molecule has 7 nitrogen and oxygen atoms in total. The Morgan fingerprint density at radius 1 is 1.35 bits per heavy atom. The predicted octanol–water partition coefficient (Wildman–Crippen LogP) is 3.32. The predicted molar refractivity (Wildman–Crippen MR) is 99.1 cm³/mol. The Morgan fingerprint density at radius 2 is 2.12 bits per heavy atom. The number of esters is 1. The molecule has 0 aromatic carbocycles. The number of aromatic amines is 1. The van der Waals surface area contributed by atoms with Gasteiger partial charge in [-0.3, -0.25) is 9.59 Å². The smallest absolute Gasteiger partial charge is 0.308 e. The third-order valence-electron chi connectivity index (χ3n) is 5.45. The van der Waals surface area contributed by atoms with Crippen molar-refractivity contribution in [3.05, 3.63) is 22.4 Å². The van der Waals surface area contributed by atoms with E-state index in [0.717, 1.165) is 32.1 Å². The van der Waals surface area contributed by atoms with Crippen molar-refractivity contribution >= 4 is 17.0 Å². The lowest BCUT2D eigenvalue weighted by Gasteiger charge is -2.27. The van der Waals surface area contributed by atoms with Gasteiger partial charge >= 0.3 is 5.97 Å². The quantitative estimate of drug-likeness (QED) is 0.798. The van der Waals surface area contributed by atoms with Crippen LogP contribution in [0.3, 0.4) is 0 Å². The molecule has 0 bridgehead atoms. The minimum Gasteiger partial charge on any atom is -0.466 e. The molecule has 0 radical (unpaired) electrons. The zero-order valence-electron chi connectivity index (χ0n) is 15.8. The Hall–Kier alpha value is -2.18. The van der Waals surface area contributed by atoms with Crippen LogP contribution in [-0.2, 0) is 9.53 Å². The highest BCUT2D eigenvalue weighted by Crippen LogP contribution is 2.35. The van der Waals surface area contributed by atoms with Crippen LogP contribution < -0.4 is 5.56 Å². The molecule has 2 atom stereocenters. The van der Waals surface area contributed by atoms with E-state index >= 15 is 0 Å². The molecule has 2 aromatic rings. The van der Waals surface area contributed by atoms with E-state index in [1.807, 2.05) is 11.6 Å². The summed E-state index contributed by atoms with van der Waals surface area (Å²) in [4.78, 5) is 32.3. The van der Waals surface area contributed by atoms with Gasteiger partial charge in [-0.15, -0.1) is 0 Å². The van der Waals surface area contributed by atoms with E-state index in [9.17, 15) is 9.59 Å². The molecular formula is C19H28N4O3. The summed E-state index contributed by atoms with van der Waals surface area (Å²) < 4.78 is 7.06. The van der Waals surface area contributed by atoms with Gasteiger partial charge in [0.1, 0.15) is 11.2 Å². The number of hydrogen-bond acceptors (Lipinski definition) is 5. The zero-order chi connectivity index (χ0) is 18.7. The largest absolute Gasteiger partial charge is 0.466 e. The minimum atomic E-state index is -0.152. The van der Waals surface area contributed by atoms with E-state index < -0.39 is 0 Å². The maximum atomic E-state index is 12.5. The number of nitrogens with zero attached hydrogens (tertiary/aromatic N) is 3. The lowest BCUT2D eigenvalue weighted by molar-refractivity contribution is -0.149. The molecule has 26 heavy (non-hydrogen) atoms. The van der Waals surface area contributed by atoms with Gasteiger partial charge in [0.05, 0.1) is 24.8 Å². The third kappa shape index (κ3) is 3.52. The average Bonchev–Trinajstić information content (AvgIpc) is 3.08. The SMILES string of the molecule is CCOC(=O)C1CCCC(c2nc3c(cnn3C(CC)CC)c(=O)[nH]2)C1. The number of hydrogen-bond donors (Lipinski definition) is 1. The number of ether oxygens (including phenoxy) is 1. The van der Waals surface area contributed by atoms with Gasteiger partial charge in [-0.05, 0) is 39.0 Å². The molecule has 2 aromatic heterocycles. The Labute approximate surface area is 153 Å². The normalized spacial score (nSPS) is 20.6. The van der Waals surface area contributed by atoms with Crippen LogP contribution in [0.1, 0.15) is 77.1 Å². The summed E-state index contributed by atoms with van der Waals surface area (Å²) in [5, 5.41) is 4.94. The maximum absolute atomic E-state index is 12.5. The molecule has 3 rings (SSSR count). The minimum absolute atomic E-state index is 0.0697. The molecule has 0 aliphatic heterocycles. The lowest BCUT2D eigenvalue weighted by Crippen LogP contribution is -2.26. The molecule has 2 unspecified atom stereocenters. The van der Waals surface area contributed by atoms with E-state index in [1.165, 1.54) is 0 Å². The van der Waals surface area contributed by atoms with Crippen molar-refractivity contribution in [1.82, 2.24) is 19.7 Å². The van der Waals surface area contributed by atoms with Gasteiger partial charge in [0.2, 0.25) is 0 Å². The first-order valence-corrected chi connectivity index (χ1v) is 9.73. The molecule has 0 spiro atoms. The van der Waals surface area contributed by atoms with Crippen molar-refractivity contribution in [2.45, 2.75) is 71.3 Å². The van der Waals surface area contributed by atoms with Crippen LogP contribution in [0.25, 0.3) is 11.0 Å². The second-order valence-corrected chi connectivity index (χ2v) is 7.06. The van der Waals surface area contributed by atoms with E-state index in [4.69, 9.17) is 9.72 Å². The molecule has 0 amide bonds. The van der Waals surface area contributed by atoms with Crippen LogP contribution in [0.2, 0.25) is 0 Å². The lowest BCUT2D eigenvalue weighted by atomic mass is 9.81. The topological polar surface area (TPSA) is 89.9 Å². The summed E-state index contributed by atoms with van der Waals surface area (Å²) in [5.41, 5.74) is 0.496. The van der Waals surface area contributed by atoms with Crippen LogP contribution in [0.4, 0.5) is 0 Å². The standard InChI is InChI=1S/C19H28N4O3/c1-4-14(5-2)23-17-15(11-20-23)18(24)22-16(21-17)12-8-7-9-13(10-12)19(25)26-6-3/h11-14H,4-10H2,1-3H3,(H,21,22,24). The molecule has 142 valence electrons. The molecule has 0 saturated heterocycles. The first kappa shape index (κ1) is 18.6. The third-order valence-corrected chi connectivity index (χ3v) is 5.45. The fraction of sp³-hybridized carbons (Fsp3) is 0.684. The molecule has 1 fully saturated rings. The van der Waals surface area contributed by atoms with Gasteiger partial charge in [-0.1, -0.05) is 20.3 Å². The van der Waals surface area contributed by atoms with Gasteiger partial charge in [0.25, 0.3) is 5.56 Å². The summed E-state index contributed by atoms with van der Waals surface area (Å²) in [6.45, 7) is 6.45. The maximum Gasteiger partial charge on any atom is 0.308 e. The number of H-pyrrole nitrogens is 1. The summed E-state index contributed by atoms with van der Waals surface area (Å²) in [6.07, 6.45) is 6.84. The van der Waals surface area contributed by atoms with Crippen LogP contribution in [0.5, 0.6) is 0 Å². The van der Waals surface area contributed by atoms with Crippen LogP contribution in [-0.4, -0.2) is 32.3 Å². The Balaban J connectivity index is 1.93. The van der Waals surface area contributed by atoms with Gasteiger partial charge in [0, 0.05) is 5.92 Å². The van der Waals surface area contributed by atoms with Crippen molar-refractivity contribution in [2.75, 3.05) is 6.61 Å². The summed E-state index contributed by atoms with van der Waals surface area (Å²) in [6, 6.07) is 0.230. The van der Waals surface area contributed by atoms with E-state index in [-0.39, 0.29) is 29.4 Å². The van der Waals surface area contributed by atoms with Gasteiger partial charge in [0.15, 0.2) is 5.65 Å². The fourth-order valence-electron chi connectivity index (χ4n) is 3.96. The summed E-state index contributed by atoms with van der Waals surface area (Å²) in [5.74, 6) is 0.492. The highest BCUT2D eigenvalue weighted by Gasteiger charge is 2.31. The summed E-state index contributed by atoms with van der Waals surface area (Å²) in [7, 11) is 0.